The molecule has 0 aliphatic carbocycles. The highest BCUT2D eigenvalue weighted by Crippen LogP contribution is 2.34. The van der Waals surface area contributed by atoms with Crippen LogP contribution in [0.1, 0.15) is 46.9 Å². The van der Waals surface area contributed by atoms with E-state index in [1.165, 1.54) is 19.2 Å². The van der Waals surface area contributed by atoms with Gasteiger partial charge in [0.15, 0.2) is 6.10 Å². The molecule has 1 unspecified atom stereocenters. The van der Waals surface area contributed by atoms with Crippen molar-refractivity contribution in [3.05, 3.63) is 71.3 Å². The summed E-state index contributed by atoms with van der Waals surface area (Å²) in [6.07, 6.45) is -2.74. The van der Waals surface area contributed by atoms with Gasteiger partial charge in [0.1, 0.15) is 0 Å². The lowest BCUT2D eigenvalue weighted by Gasteiger charge is -2.48. The molecule has 0 bridgehead atoms. The van der Waals surface area contributed by atoms with Gasteiger partial charge in [-0.25, -0.2) is 0 Å². The summed E-state index contributed by atoms with van der Waals surface area (Å²) >= 11 is 0. The van der Waals surface area contributed by atoms with Crippen LogP contribution in [0.2, 0.25) is 0 Å². The number of piperidine rings is 2. The number of ether oxygens (including phenoxy) is 1. The largest absolute Gasteiger partial charge is 0.416 e. The molecule has 0 aromatic heterocycles. The van der Waals surface area contributed by atoms with Gasteiger partial charge in [-0.1, -0.05) is 30.3 Å². The summed E-state index contributed by atoms with van der Waals surface area (Å²) in [4.78, 5) is 29.9. The number of hydrogen-bond acceptors (Lipinski definition) is 3. The lowest BCUT2D eigenvalue weighted by molar-refractivity contribution is -0.149. The molecular weight excluding hydrogens is 433 g/mol. The molecule has 2 aromatic rings. The van der Waals surface area contributed by atoms with E-state index in [0.717, 1.165) is 30.5 Å². The van der Waals surface area contributed by atoms with Gasteiger partial charge in [0.25, 0.3) is 11.8 Å². The minimum atomic E-state index is -4.43. The van der Waals surface area contributed by atoms with E-state index in [1.54, 1.807) is 4.90 Å². The summed E-state index contributed by atoms with van der Waals surface area (Å²) in [5.74, 6) is -0.214. The summed E-state index contributed by atoms with van der Waals surface area (Å²) in [7, 11) is 1.53. The van der Waals surface area contributed by atoms with Crippen molar-refractivity contribution >= 4 is 11.8 Å². The molecule has 2 aliphatic heterocycles. The molecule has 2 saturated heterocycles. The quantitative estimate of drug-likeness (QED) is 0.673. The molecule has 8 heteroatoms. The van der Waals surface area contributed by atoms with Crippen molar-refractivity contribution in [2.45, 2.75) is 37.6 Å². The monoisotopic (exact) mass is 460 g/mol. The Kier molecular flexibility index (Phi) is 6.74. The highest BCUT2D eigenvalue weighted by atomic mass is 19.4. The van der Waals surface area contributed by atoms with Crippen molar-refractivity contribution in [2.75, 3.05) is 26.7 Å². The predicted octanol–water partition coefficient (Wildman–Crippen LogP) is 4.55. The maximum absolute atomic E-state index is 13.4. The van der Waals surface area contributed by atoms with Gasteiger partial charge in [-0.05, 0) is 55.0 Å². The second-order valence-electron chi connectivity index (χ2n) is 8.64. The van der Waals surface area contributed by atoms with Crippen molar-refractivity contribution < 1.29 is 27.5 Å². The topological polar surface area (TPSA) is 49.9 Å². The molecule has 33 heavy (non-hydrogen) atoms. The first kappa shape index (κ1) is 23.3. The van der Waals surface area contributed by atoms with Gasteiger partial charge in [0.05, 0.1) is 5.56 Å². The van der Waals surface area contributed by atoms with Gasteiger partial charge in [0.2, 0.25) is 0 Å². The number of halogens is 3. The van der Waals surface area contributed by atoms with Gasteiger partial charge < -0.3 is 14.5 Å². The van der Waals surface area contributed by atoms with Gasteiger partial charge in [0, 0.05) is 38.3 Å². The van der Waals surface area contributed by atoms with Crippen LogP contribution >= 0.6 is 0 Å². The molecule has 0 spiro atoms. The van der Waals surface area contributed by atoms with E-state index < -0.39 is 17.8 Å². The summed E-state index contributed by atoms with van der Waals surface area (Å²) in [6.45, 7) is 1.59. The molecule has 2 amide bonds. The summed E-state index contributed by atoms with van der Waals surface area (Å²) in [6, 6.07) is 13.7. The van der Waals surface area contributed by atoms with E-state index in [1.807, 2.05) is 35.2 Å². The maximum atomic E-state index is 13.4. The first-order chi connectivity index (χ1) is 15.8. The smallest absolute Gasteiger partial charge is 0.367 e. The molecule has 2 aliphatic rings. The first-order valence-electron chi connectivity index (χ1n) is 11.1. The average molecular weight is 460 g/mol. The molecule has 2 fully saturated rings. The van der Waals surface area contributed by atoms with Gasteiger partial charge in [-0.2, -0.15) is 13.2 Å². The number of benzene rings is 2. The molecule has 0 N–H and O–H groups in total. The number of likely N-dealkylation sites (tertiary alicyclic amines) is 2. The predicted molar refractivity (Wildman–Crippen MR) is 116 cm³/mol. The second-order valence-corrected chi connectivity index (χ2v) is 8.64. The number of carbonyl (C=O) groups is 2. The highest BCUT2D eigenvalue weighted by molar-refractivity contribution is 5.94. The fraction of sp³-hybridized carbons (Fsp3) is 0.440. The zero-order valence-electron chi connectivity index (χ0n) is 18.4. The molecule has 5 nitrogen and oxygen atoms in total. The normalized spacial score (nSPS) is 21.9. The Hall–Kier alpha value is -2.87. The van der Waals surface area contributed by atoms with Crippen molar-refractivity contribution in [1.82, 2.24) is 9.80 Å². The number of rotatable bonds is 4. The number of fused-ring (bicyclic) bond motifs is 1. The van der Waals surface area contributed by atoms with Crippen LogP contribution in [0, 0.1) is 5.92 Å². The number of amides is 2. The van der Waals surface area contributed by atoms with Gasteiger partial charge in [-0.15, -0.1) is 0 Å². The van der Waals surface area contributed by atoms with E-state index in [0.29, 0.717) is 26.1 Å². The molecule has 0 radical (unpaired) electrons. The standard InChI is InChI=1S/C25H27F3N2O3/c1-33-22(17-6-3-2-4-7-17)24(32)30-14-5-8-19-16-29(15-13-21(19)30)23(31)18-9-11-20(12-10-18)25(26,27)28/h2-4,6-7,9-12,19,21-22H,5,8,13-16H2,1H3/t19-,21+,22?/m1/s1. The molecular formula is C25H27F3N2O3. The molecule has 2 aromatic carbocycles. The zero-order chi connectivity index (χ0) is 23.6. The Morgan fingerprint density at radius 2 is 1.70 bits per heavy atom. The van der Waals surface area contributed by atoms with Crippen molar-refractivity contribution in [2.24, 2.45) is 5.92 Å². The average Bonchev–Trinajstić information content (AvgIpc) is 2.83. The van der Waals surface area contributed by atoms with E-state index >= 15 is 0 Å². The van der Waals surface area contributed by atoms with E-state index in [2.05, 4.69) is 0 Å². The summed E-state index contributed by atoms with van der Waals surface area (Å²) in [5.41, 5.74) is 0.279. The van der Waals surface area contributed by atoms with E-state index in [4.69, 9.17) is 4.74 Å². The SMILES string of the molecule is COC(C(=O)N1CCC[C@@H]2CN(C(=O)c3ccc(C(F)(F)F)cc3)CC[C@@H]21)c1ccccc1. The lowest BCUT2D eigenvalue weighted by Crippen LogP contribution is -2.57. The third-order valence-electron chi connectivity index (χ3n) is 6.66. The van der Waals surface area contributed by atoms with Crippen LogP contribution in [-0.2, 0) is 15.7 Å². The summed E-state index contributed by atoms with van der Waals surface area (Å²) in [5, 5.41) is 0. The Labute approximate surface area is 191 Å². The third kappa shape index (κ3) is 4.90. The molecule has 2 heterocycles. The highest BCUT2D eigenvalue weighted by Gasteiger charge is 2.41. The number of hydrogen-bond donors (Lipinski definition) is 0. The van der Waals surface area contributed by atoms with Crippen molar-refractivity contribution in [3.63, 3.8) is 0 Å². The number of methoxy groups -OCH3 is 1. The lowest BCUT2D eigenvalue weighted by atomic mass is 9.83. The van der Waals surface area contributed by atoms with Crippen molar-refractivity contribution in [3.8, 4) is 0 Å². The number of alkyl halides is 3. The summed E-state index contributed by atoms with van der Waals surface area (Å²) < 4.78 is 44.0. The van der Waals surface area contributed by atoms with Crippen LogP contribution in [0.4, 0.5) is 13.2 Å². The van der Waals surface area contributed by atoms with Crippen LogP contribution < -0.4 is 0 Å². The van der Waals surface area contributed by atoms with E-state index in [-0.39, 0.29) is 29.3 Å². The Balaban J connectivity index is 1.44. The van der Waals surface area contributed by atoms with Gasteiger partial charge >= 0.3 is 6.18 Å². The third-order valence-corrected chi connectivity index (χ3v) is 6.66. The van der Waals surface area contributed by atoms with Crippen LogP contribution in [0.15, 0.2) is 54.6 Å². The Bertz CT molecular complexity index is 979. The Morgan fingerprint density at radius 1 is 1.00 bits per heavy atom. The molecule has 3 atom stereocenters. The van der Waals surface area contributed by atoms with Gasteiger partial charge in [-0.3, -0.25) is 9.59 Å². The Morgan fingerprint density at radius 3 is 2.33 bits per heavy atom. The van der Waals surface area contributed by atoms with Crippen LogP contribution in [0.3, 0.4) is 0 Å². The van der Waals surface area contributed by atoms with Crippen LogP contribution in [-0.4, -0.2) is 54.4 Å². The van der Waals surface area contributed by atoms with E-state index in [9.17, 15) is 22.8 Å². The van der Waals surface area contributed by atoms with Crippen molar-refractivity contribution in [1.29, 1.82) is 0 Å². The number of carbonyl (C=O) groups excluding carboxylic acids is 2. The second kappa shape index (κ2) is 9.55. The fourth-order valence-electron chi connectivity index (χ4n) is 5.00. The van der Waals surface area contributed by atoms with Crippen LogP contribution in [0.5, 0.6) is 0 Å². The van der Waals surface area contributed by atoms with Crippen LogP contribution in [0.25, 0.3) is 0 Å². The fourth-order valence-corrected chi connectivity index (χ4v) is 5.00. The zero-order valence-corrected chi connectivity index (χ0v) is 18.4. The molecule has 0 saturated carbocycles. The molecule has 176 valence electrons. The number of nitrogens with zero attached hydrogens (tertiary/aromatic N) is 2. The minimum absolute atomic E-state index is 0.0178. The first-order valence-corrected chi connectivity index (χ1v) is 11.1. The minimum Gasteiger partial charge on any atom is -0.367 e. The molecule has 4 rings (SSSR count). The maximum Gasteiger partial charge on any atom is 0.416 e.